The molecule has 1 amide bonds. The van der Waals surface area contributed by atoms with Crippen LogP contribution in [0.4, 0.5) is 5.69 Å². The van der Waals surface area contributed by atoms with Crippen LogP contribution in [0.15, 0.2) is 31.8 Å². The Morgan fingerprint density at radius 1 is 1.38 bits per heavy atom. The molecule has 2 rings (SSSR count). The first-order valence-electron chi connectivity index (χ1n) is 6.62. The van der Waals surface area contributed by atoms with E-state index in [0.717, 1.165) is 30.1 Å². The molecule has 26 heavy (non-hydrogen) atoms. The smallest absolute Gasteiger partial charge is 0.342 e. The Morgan fingerprint density at radius 2 is 2.12 bits per heavy atom. The largest absolute Gasteiger partial charge is 0.507 e. The Bertz CT molecular complexity index is 998. The van der Waals surface area contributed by atoms with E-state index in [0.29, 0.717) is 0 Å². The Labute approximate surface area is 146 Å². The predicted octanol–water partition coefficient (Wildman–Crippen LogP) is -0.980. The lowest BCUT2D eigenvalue weighted by molar-refractivity contribution is -0.385. The molecule has 0 unspecified atom stereocenters. The SMILES string of the molecule is O=C(CSc1n[nH]c(=O)[nH]c1=O)N/N=C/c1cc([N+](=O)[O-])c(O)cc1O. The van der Waals surface area contributed by atoms with Gasteiger partial charge in [0.05, 0.1) is 16.9 Å². The summed E-state index contributed by atoms with van der Waals surface area (Å²) in [4.78, 5) is 45.6. The van der Waals surface area contributed by atoms with Crippen molar-refractivity contribution >= 4 is 29.6 Å². The maximum Gasteiger partial charge on any atom is 0.342 e. The van der Waals surface area contributed by atoms with Crippen LogP contribution in [0.1, 0.15) is 5.56 Å². The average Bonchev–Trinajstić information content (AvgIpc) is 2.55. The number of H-pyrrole nitrogens is 2. The highest BCUT2D eigenvalue weighted by atomic mass is 32.2. The molecule has 0 aliphatic rings. The number of amides is 1. The summed E-state index contributed by atoms with van der Waals surface area (Å²) in [6.07, 6.45) is 0.940. The van der Waals surface area contributed by atoms with Crippen molar-refractivity contribution in [1.29, 1.82) is 0 Å². The van der Waals surface area contributed by atoms with Crippen molar-refractivity contribution in [2.24, 2.45) is 5.10 Å². The minimum absolute atomic E-state index is 0.110. The van der Waals surface area contributed by atoms with Gasteiger partial charge >= 0.3 is 11.4 Å². The molecule has 136 valence electrons. The number of carbonyl (C=O) groups excluding carboxylic acids is 1. The third kappa shape index (κ3) is 4.67. The fraction of sp³-hybridized carbons (Fsp3) is 0.0833. The number of nitro benzene ring substituents is 1. The monoisotopic (exact) mass is 382 g/mol. The van der Waals surface area contributed by atoms with Crippen LogP contribution in [-0.4, -0.2) is 48.2 Å². The van der Waals surface area contributed by atoms with Crippen molar-refractivity contribution in [1.82, 2.24) is 20.6 Å². The van der Waals surface area contributed by atoms with Gasteiger partial charge in [0.25, 0.3) is 5.56 Å². The number of hydrogen-bond donors (Lipinski definition) is 5. The Hall–Kier alpha value is -3.68. The number of nitrogens with zero attached hydrogens (tertiary/aromatic N) is 3. The molecule has 0 fully saturated rings. The number of phenols is 2. The molecule has 0 saturated heterocycles. The predicted molar refractivity (Wildman–Crippen MR) is 88.4 cm³/mol. The first-order valence-corrected chi connectivity index (χ1v) is 7.60. The van der Waals surface area contributed by atoms with Gasteiger partial charge in [-0.2, -0.15) is 10.2 Å². The molecular formula is C12H10N6O7S. The highest BCUT2D eigenvalue weighted by Gasteiger charge is 2.16. The summed E-state index contributed by atoms with van der Waals surface area (Å²) in [5.41, 5.74) is -0.212. The molecule has 13 nitrogen and oxygen atoms in total. The third-order valence-electron chi connectivity index (χ3n) is 2.73. The number of carbonyl (C=O) groups is 1. The van der Waals surface area contributed by atoms with E-state index in [4.69, 9.17) is 0 Å². The van der Waals surface area contributed by atoms with Crippen LogP contribution in [-0.2, 0) is 4.79 Å². The van der Waals surface area contributed by atoms with Crippen LogP contribution in [0.25, 0.3) is 0 Å². The van der Waals surface area contributed by atoms with E-state index in [1.807, 2.05) is 10.1 Å². The van der Waals surface area contributed by atoms with Crippen molar-refractivity contribution in [2.75, 3.05) is 5.75 Å². The van der Waals surface area contributed by atoms with Gasteiger partial charge in [0.2, 0.25) is 5.91 Å². The zero-order chi connectivity index (χ0) is 19.3. The number of rotatable bonds is 6. The van der Waals surface area contributed by atoms with E-state index in [1.54, 1.807) is 0 Å². The van der Waals surface area contributed by atoms with Gasteiger partial charge in [-0.05, 0) is 0 Å². The minimum Gasteiger partial charge on any atom is -0.507 e. The number of aromatic hydroxyl groups is 2. The van der Waals surface area contributed by atoms with Crippen molar-refractivity contribution < 1.29 is 19.9 Å². The second-order valence-corrected chi connectivity index (χ2v) is 5.51. The number of aromatic amines is 2. The zero-order valence-electron chi connectivity index (χ0n) is 12.6. The van der Waals surface area contributed by atoms with Gasteiger partial charge in [0, 0.05) is 17.7 Å². The van der Waals surface area contributed by atoms with Crippen LogP contribution in [0.5, 0.6) is 11.5 Å². The Morgan fingerprint density at radius 3 is 2.77 bits per heavy atom. The molecule has 0 aliphatic carbocycles. The van der Waals surface area contributed by atoms with Gasteiger partial charge in [0.15, 0.2) is 10.8 Å². The zero-order valence-corrected chi connectivity index (χ0v) is 13.4. The summed E-state index contributed by atoms with van der Waals surface area (Å²) in [6, 6.07) is 1.64. The molecule has 5 N–H and O–H groups in total. The first kappa shape index (κ1) is 18.7. The summed E-state index contributed by atoms with van der Waals surface area (Å²) in [5.74, 6) is -2.11. The van der Waals surface area contributed by atoms with Gasteiger partial charge in [-0.15, -0.1) is 0 Å². The number of hydrogen-bond acceptors (Lipinski definition) is 10. The van der Waals surface area contributed by atoms with E-state index in [-0.39, 0.29) is 16.3 Å². The van der Waals surface area contributed by atoms with Crippen LogP contribution < -0.4 is 16.7 Å². The molecule has 0 spiro atoms. The van der Waals surface area contributed by atoms with Gasteiger partial charge in [-0.1, -0.05) is 11.8 Å². The molecule has 0 bridgehead atoms. The molecule has 1 aromatic heterocycles. The number of nitrogens with one attached hydrogen (secondary N) is 3. The lowest BCUT2D eigenvalue weighted by atomic mass is 10.2. The van der Waals surface area contributed by atoms with Crippen molar-refractivity contribution in [2.45, 2.75) is 5.03 Å². The Balaban J connectivity index is 1.98. The summed E-state index contributed by atoms with van der Waals surface area (Å²) in [5, 5.41) is 38.5. The summed E-state index contributed by atoms with van der Waals surface area (Å²) < 4.78 is 0. The van der Waals surface area contributed by atoms with Gasteiger partial charge in [-0.25, -0.2) is 15.3 Å². The van der Waals surface area contributed by atoms with E-state index >= 15 is 0 Å². The standard InChI is InChI=1S/C12H10N6O7S/c19-7-2-8(20)6(18(24)25)1-5(7)3-13-15-9(21)4-26-11-10(22)14-12(23)17-16-11/h1-3,19-20H,4H2,(H,15,21)(H2,14,17,22,23)/b13-3+. The highest BCUT2D eigenvalue weighted by molar-refractivity contribution is 7.99. The Kier molecular flexibility index (Phi) is 5.69. The maximum atomic E-state index is 11.6. The average molecular weight is 382 g/mol. The number of hydrazone groups is 1. The van der Waals surface area contributed by atoms with Crippen LogP contribution in [0.2, 0.25) is 0 Å². The fourth-order valence-electron chi connectivity index (χ4n) is 1.61. The number of benzene rings is 1. The molecule has 2 aromatic rings. The molecule has 0 aliphatic heterocycles. The molecule has 1 heterocycles. The van der Waals surface area contributed by atoms with Crippen molar-refractivity contribution in [3.05, 3.63) is 48.6 Å². The van der Waals surface area contributed by atoms with Crippen LogP contribution in [0, 0.1) is 10.1 Å². The van der Waals surface area contributed by atoms with E-state index in [1.165, 1.54) is 0 Å². The lowest BCUT2D eigenvalue weighted by Crippen LogP contribution is -2.26. The third-order valence-corrected chi connectivity index (χ3v) is 3.69. The molecular weight excluding hydrogens is 372 g/mol. The van der Waals surface area contributed by atoms with E-state index < -0.39 is 39.3 Å². The summed E-state index contributed by atoms with van der Waals surface area (Å²) in [7, 11) is 0. The second kappa shape index (κ2) is 7.93. The number of nitro groups is 1. The number of aromatic nitrogens is 3. The second-order valence-electron chi connectivity index (χ2n) is 4.55. The summed E-state index contributed by atoms with van der Waals surface area (Å²) in [6.45, 7) is 0. The normalized spacial score (nSPS) is 10.8. The van der Waals surface area contributed by atoms with E-state index in [9.17, 15) is 34.7 Å². The lowest BCUT2D eigenvalue weighted by Gasteiger charge is -2.02. The van der Waals surface area contributed by atoms with Crippen LogP contribution >= 0.6 is 11.8 Å². The first-order chi connectivity index (χ1) is 12.3. The molecule has 0 atom stereocenters. The van der Waals surface area contributed by atoms with E-state index in [2.05, 4.69) is 15.6 Å². The molecule has 0 saturated carbocycles. The maximum absolute atomic E-state index is 11.6. The number of phenolic OH excluding ortho intramolecular Hbond substituents is 2. The quantitative estimate of drug-likeness (QED) is 0.180. The van der Waals surface area contributed by atoms with Gasteiger partial charge in [0.1, 0.15) is 5.75 Å². The molecule has 1 aromatic carbocycles. The van der Waals surface area contributed by atoms with Crippen molar-refractivity contribution in [3.8, 4) is 11.5 Å². The van der Waals surface area contributed by atoms with Gasteiger partial charge < -0.3 is 10.2 Å². The topological polar surface area (TPSA) is 204 Å². The molecule has 14 heteroatoms. The van der Waals surface area contributed by atoms with Crippen molar-refractivity contribution in [3.63, 3.8) is 0 Å². The summed E-state index contributed by atoms with van der Waals surface area (Å²) >= 11 is 0.739. The van der Waals surface area contributed by atoms with Gasteiger partial charge in [-0.3, -0.25) is 24.7 Å². The number of thioether (sulfide) groups is 1. The minimum atomic E-state index is -0.851. The molecule has 0 radical (unpaired) electrons. The van der Waals surface area contributed by atoms with Crippen LogP contribution in [0.3, 0.4) is 0 Å². The fourth-order valence-corrected chi connectivity index (χ4v) is 2.23. The highest BCUT2D eigenvalue weighted by Crippen LogP contribution is 2.31.